The molecule has 0 aliphatic heterocycles. The van der Waals surface area contributed by atoms with Gasteiger partial charge in [-0.3, -0.25) is 9.59 Å². The molecule has 4 heteroatoms. The summed E-state index contributed by atoms with van der Waals surface area (Å²) in [5.74, 6) is 0.118. The van der Waals surface area contributed by atoms with E-state index in [0.29, 0.717) is 18.3 Å². The summed E-state index contributed by atoms with van der Waals surface area (Å²) >= 11 is 0. The summed E-state index contributed by atoms with van der Waals surface area (Å²) in [4.78, 5) is 24.2. The molecule has 0 radical (unpaired) electrons. The quantitative estimate of drug-likeness (QED) is 0.578. The summed E-state index contributed by atoms with van der Waals surface area (Å²) in [6.07, 6.45) is 7.62. The molecule has 7 atom stereocenters. The summed E-state index contributed by atoms with van der Waals surface area (Å²) in [5, 5.41) is 10.1. The number of esters is 1. The topological polar surface area (TPSA) is 63.6 Å². The van der Waals surface area contributed by atoms with Crippen molar-refractivity contribution in [3.8, 4) is 0 Å². The van der Waals surface area contributed by atoms with Crippen LogP contribution < -0.4 is 0 Å². The van der Waals surface area contributed by atoms with Crippen LogP contribution in [0, 0.1) is 34.0 Å². The number of hydrogen-bond donors (Lipinski definition) is 1. The first-order valence-electron chi connectivity index (χ1n) is 10.2. The van der Waals surface area contributed by atoms with Crippen LogP contribution in [0.3, 0.4) is 0 Å². The molecular weight excluding hydrogens is 328 g/mol. The molecule has 4 aliphatic rings. The Morgan fingerprint density at radius 2 is 1.92 bits per heavy atom. The number of aliphatic carboxylic acids is 1. The third kappa shape index (κ3) is 2.20. The second-order valence-corrected chi connectivity index (χ2v) is 10.1. The first kappa shape index (κ1) is 18.1. The molecule has 0 saturated heterocycles. The SMILES string of the molecule is C=C1C[C@]23C[C@H]1CC[C@H]2[C@]1(C)CCC[C@@](C)(C(=O)O)[C@H]1C[C@@H]3OC(C)=O. The van der Waals surface area contributed by atoms with Crippen LogP contribution in [0.25, 0.3) is 0 Å². The highest BCUT2D eigenvalue weighted by Gasteiger charge is 2.69. The maximum atomic E-state index is 12.2. The summed E-state index contributed by atoms with van der Waals surface area (Å²) < 4.78 is 5.92. The Bertz CT molecular complexity index is 669. The van der Waals surface area contributed by atoms with E-state index in [4.69, 9.17) is 4.74 Å². The third-order valence-electron chi connectivity index (χ3n) is 8.92. The van der Waals surface area contributed by atoms with Gasteiger partial charge in [-0.1, -0.05) is 25.5 Å². The van der Waals surface area contributed by atoms with Crippen LogP contribution in [0.4, 0.5) is 0 Å². The molecule has 4 rings (SSSR count). The molecule has 4 saturated carbocycles. The fraction of sp³-hybridized carbons (Fsp3) is 0.818. The van der Waals surface area contributed by atoms with Gasteiger partial charge in [0.2, 0.25) is 0 Å². The van der Waals surface area contributed by atoms with Crippen molar-refractivity contribution in [3.05, 3.63) is 12.2 Å². The summed E-state index contributed by atoms with van der Waals surface area (Å²) in [7, 11) is 0. The van der Waals surface area contributed by atoms with E-state index in [1.165, 1.54) is 12.5 Å². The number of fused-ring (bicyclic) bond motifs is 3. The number of carbonyl (C=O) groups excluding carboxylic acids is 1. The molecule has 1 N–H and O–H groups in total. The lowest BCUT2D eigenvalue weighted by molar-refractivity contribution is -0.218. The molecule has 4 nitrogen and oxygen atoms in total. The normalized spacial score (nSPS) is 49.9. The van der Waals surface area contributed by atoms with Gasteiger partial charge in [0, 0.05) is 12.3 Å². The van der Waals surface area contributed by atoms with Crippen LogP contribution in [0.1, 0.15) is 72.1 Å². The molecule has 0 aromatic heterocycles. The summed E-state index contributed by atoms with van der Waals surface area (Å²) in [6.45, 7) is 10.1. The molecule has 0 aromatic carbocycles. The van der Waals surface area contributed by atoms with Crippen molar-refractivity contribution >= 4 is 11.9 Å². The molecule has 0 heterocycles. The molecule has 1 spiro atoms. The minimum absolute atomic E-state index is 0.0115. The van der Waals surface area contributed by atoms with Crippen LogP contribution in [0.5, 0.6) is 0 Å². The Balaban J connectivity index is 1.82. The molecule has 4 aliphatic carbocycles. The van der Waals surface area contributed by atoms with Gasteiger partial charge < -0.3 is 9.84 Å². The van der Waals surface area contributed by atoms with E-state index in [0.717, 1.165) is 44.9 Å². The van der Waals surface area contributed by atoms with Crippen molar-refractivity contribution in [1.82, 2.24) is 0 Å². The number of carboxylic acids is 1. The van der Waals surface area contributed by atoms with E-state index >= 15 is 0 Å². The van der Waals surface area contributed by atoms with Gasteiger partial charge in [0.05, 0.1) is 5.41 Å². The Kier molecular flexibility index (Phi) is 3.88. The number of hydrogen-bond acceptors (Lipinski definition) is 3. The van der Waals surface area contributed by atoms with Crippen LogP contribution in [-0.2, 0) is 14.3 Å². The number of ether oxygens (including phenoxy) is 1. The van der Waals surface area contributed by atoms with E-state index in [2.05, 4.69) is 13.5 Å². The first-order valence-corrected chi connectivity index (χ1v) is 10.2. The van der Waals surface area contributed by atoms with E-state index in [-0.39, 0.29) is 28.8 Å². The van der Waals surface area contributed by atoms with Crippen molar-refractivity contribution in [3.63, 3.8) is 0 Å². The smallest absolute Gasteiger partial charge is 0.309 e. The van der Waals surface area contributed by atoms with Gasteiger partial charge in [0.1, 0.15) is 6.10 Å². The highest BCUT2D eigenvalue weighted by molar-refractivity contribution is 5.75. The van der Waals surface area contributed by atoms with Crippen LogP contribution in [0.2, 0.25) is 0 Å². The molecule has 0 aromatic rings. The van der Waals surface area contributed by atoms with Crippen molar-refractivity contribution in [2.45, 2.75) is 78.2 Å². The van der Waals surface area contributed by atoms with Gasteiger partial charge in [-0.05, 0) is 75.0 Å². The third-order valence-corrected chi connectivity index (χ3v) is 8.92. The van der Waals surface area contributed by atoms with Gasteiger partial charge in [-0.15, -0.1) is 0 Å². The maximum Gasteiger partial charge on any atom is 0.309 e. The van der Waals surface area contributed by atoms with Crippen molar-refractivity contribution < 1.29 is 19.4 Å². The lowest BCUT2D eigenvalue weighted by Crippen LogP contribution is -2.63. The Morgan fingerprint density at radius 3 is 2.58 bits per heavy atom. The first-order chi connectivity index (χ1) is 12.1. The van der Waals surface area contributed by atoms with E-state index < -0.39 is 11.4 Å². The van der Waals surface area contributed by atoms with Gasteiger partial charge in [-0.25, -0.2) is 0 Å². The summed E-state index contributed by atoms with van der Waals surface area (Å²) in [6, 6.07) is 0. The fourth-order valence-electron chi connectivity index (χ4n) is 7.86. The lowest BCUT2D eigenvalue weighted by Gasteiger charge is -2.65. The van der Waals surface area contributed by atoms with Gasteiger partial charge >= 0.3 is 11.9 Å². The van der Waals surface area contributed by atoms with E-state index in [1.807, 2.05) is 6.92 Å². The number of allylic oxidation sites excluding steroid dienone is 1. The van der Waals surface area contributed by atoms with E-state index in [9.17, 15) is 14.7 Å². The largest absolute Gasteiger partial charge is 0.481 e. The fourth-order valence-corrected chi connectivity index (χ4v) is 7.86. The zero-order chi connectivity index (χ0) is 18.9. The molecule has 0 amide bonds. The predicted molar refractivity (Wildman–Crippen MR) is 98.4 cm³/mol. The standard InChI is InChI=1S/C22H32O4/c1-13-11-22-12-15(13)6-7-16(22)20(3)8-5-9-21(4,19(24)25)17(20)10-18(22)26-14(2)23/h15-18H,1,5-12H2,2-4H3,(H,24,25)/t15-,16+,17+,18+,20+,21-,22+/m1/s1. The predicted octanol–water partition coefficient (Wildman–Crippen LogP) is 4.58. The maximum absolute atomic E-state index is 12.2. The molecule has 2 bridgehead atoms. The zero-order valence-corrected chi connectivity index (χ0v) is 16.3. The molecular formula is C22H32O4. The van der Waals surface area contributed by atoms with Gasteiger partial charge in [0.25, 0.3) is 0 Å². The Hall–Kier alpha value is -1.32. The van der Waals surface area contributed by atoms with Crippen molar-refractivity contribution in [1.29, 1.82) is 0 Å². The number of carboxylic acid groups (broad SMARTS) is 1. The van der Waals surface area contributed by atoms with Crippen LogP contribution in [0.15, 0.2) is 12.2 Å². The van der Waals surface area contributed by atoms with Gasteiger partial charge in [-0.2, -0.15) is 0 Å². The Morgan fingerprint density at radius 1 is 1.19 bits per heavy atom. The number of rotatable bonds is 2. The van der Waals surface area contributed by atoms with Crippen molar-refractivity contribution in [2.75, 3.05) is 0 Å². The van der Waals surface area contributed by atoms with Crippen LogP contribution >= 0.6 is 0 Å². The average Bonchev–Trinajstić information content (AvgIpc) is 2.79. The molecule has 26 heavy (non-hydrogen) atoms. The lowest BCUT2D eigenvalue weighted by atomic mass is 9.40. The highest BCUT2D eigenvalue weighted by Crippen LogP contribution is 2.72. The van der Waals surface area contributed by atoms with E-state index in [1.54, 1.807) is 0 Å². The summed E-state index contributed by atoms with van der Waals surface area (Å²) in [5.41, 5.74) is 0.591. The van der Waals surface area contributed by atoms with Crippen molar-refractivity contribution in [2.24, 2.45) is 34.0 Å². The second kappa shape index (κ2) is 5.59. The number of carbonyl (C=O) groups is 2. The molecule has 0 unspecified atom stereocenters. The minimum atomic E-state index is -0.723. The molecule has 4 fully saturated rings. The Labute approximate surface area is 156 Å². The highest BCUT2D eigenvalue weighted by atomic mass is 16.5. The molecule has 144 valence electrons. The zero-order valence-electron chi connectivity index (χ0n) is 16.3. The minimum Gasteiger partial charge on any atom is -0.481 e. The average molecular weight is 360 g/mol. The van der Waals surface area contributed by atoms with Crippen LogP contribution in [-0.4, -0.2) is 23.1 Å². The second-order valence-electron chi connectivity index (χ2n) is 10.1. The van der Waals surface area contributed by atoms with Gasteiger partial charge in [0.15, 0.2) is 0 Å². The monoisotopic (exact) mass is 360 g/mol.